The Morgan fingerprint density at radius 1 is 1.32 bits per heavy atom. The van der Waals surface area contributed by atoms with Gasteiger partial charge in [-0.1, -0.05) is 0 Å². The molecule has 5 rings (SSSR count). The Hall–Kier alpha value is -3.47. The molecule has 2 atom stereocenters. The van der Waals surface area contributed by atoms with E-state index in [-0.39, 0.29) is 17.2 Å². The summed E-state index contributed by atoms with van der Waals surface area (Å²) in [4.78, 5) is 30.0. The molecule has 2 aliphatic rings. The summed E-state index contributed by atoms with van der Waals surface area (Å²) in [6.07, 6.45) is 3.18. The highest BCUT2D eigenvalue weighted by molar-refractivity contribution is 6.00. The molecular weight excluding hydrogens is 405 g/mol. The molecule has 31 heavy (non-hydrogen) atoms. The molecule has 3 N–H and O–H groups in total. The molecule has 1 unspecified atom stereocenters. The summed E-state index contributed by atoms with van der Waals surface area (Å²) in [5, 5.41) is 13.0. The SMILES string of the molecule is CNc1cc(Nc2cccn(C3COC3)c2=O)nc2c(C(=O)NC3CC[C@@H]3F)cnn12. The average Bonchev–Trinajstić information content (AvgIpc) is 3.16. The zero-order valence-electron chi connectivity index (χ0n) is 16.8. The van der Waals surface area contributed by atoms with Crippen molar-refractivity contribution in [1.82, 2.24) is 24.5 Å². The number of rotatable bonds is 6. The number of hydrogen-bond acceptors (Lipinski definition) is 7. The molecule has 0 bridgehead atoms. The molecule has 1 amide bonds. The van der Waals surface area contributed by atoms with Crippen LogP contribution in [-0.4, -0.2) is 57.5 Å². The van der Waals surface area contributed by atoms with Crippen molar-refractivity contribution in [2.75, 3.05) is 30.9 Å². The minimum absolute atomic E-state index is 0.0218. The number of nitrogens with zero attached hydrogens (tertiary/aromatic N) is 4. The summed E-state index contributed by atoms with van der Waals surface area (Å²) in [6.45, 7) is 1.01. The number of nitrogens with one attached hydrogen (secondary N) is 3. The second-order valence-electron chi connectivity index (χ2n) is 7.69. The molecule has 1 saturated carbocycles. The van der Waals surface area contributed by atoms with E-state index in [1.54, 1.807) is 36.0 Å². The molecule has 0 aromatic carbocycles. The lowest BCUT2D eigenvalue weighted by Crippen LogP contribution is -2.48. The largest absolute Gasteiger partial charge is 0.377 e. The van der Waals surface area contributed by atoms with Crippen molar-refractivity contribution < 1.29 is 13.9 Å². The molecule has 162 valence electrons. The first-order chi connectivity index (χ1) is 15.0. The van der Waals surface area contributed by atoms with Gasteiger partial charge in [-0.2, -0.15) is 9.61 Å². The van der Waals surface area contributed by atoms with Crippen molar-refractivity contribution in [1.29, 1.82) is 0 Å². The standard InChI is InChI=1S/C20H22FN7O3/c1-22-17-7-16(24-15-3-2-6-27(20(15)30)11-9-31-10-11)26-18-12(8-23-28(17)18)19(29)25-14-5-4-13(14)21/h2-3,6-8,11,13-14,22H,4-5,9-10H2,1H3,(H,24,26)(H,25,29)/t13-,14?/m0/s1. The number of aromatic nitrogens is 4. The van der Waals surface area contributed by atoms with Crippen LogP contribution in [0.4, 0.5) is 21.7 Å². The Morgan fingerprint density at radius 2 is 2.16 bits per heavy atom. The summed E-state index contributed by atoms with van der Waals surface area (Å²) in [5.41, 5.74) is 0.698. The molecule has 1 aliphatic heterocycles. The van der Waals surface area contributed by atoms with Crippen LogP contribution in [0.5, 0.6) is 0 Å². The van der Waals surface area contributed by atoms with Gasteiger partial charge in [-0.3, -0.25) is 9.59 Å². The first-order valence-corrected chi connectivity index (χ1v) is 10.1. The number of halogens is 1. The van der Waals surface area contributed by atoms with Crippen molar-refractivity contribution in [3.05, 3.63) is 46.5 Å². The zero-order valence-corrected chi connectivity index (χ0v) is 16.8. The van der Waals surface area contributed by atoms with Crippen molar-refractivity contribution in [2.24, 2.45) is 0 Å². The highest BCUT2D eigenvalue weighted by atomic mass is 19.1. The maximum absolute atomic E-state index is 13.6. The fraction of sp³-hybridized carbons (Fsp3) is 0.400. The molecule has 1 saturated heterocycles. The van der Waals surface area contributed by atoms with Gasteiger partial charge in [-0.15, -0.1) is 0 Å². The molecule has 3 aromatic heterocycles. The fourth-order valence-corrected chi connectivity index (χ4v) is 3.65. The summed E-state index contributed by atoms with van der Waals surface area (Å²) in [7, 11) is 1.72. The lowest BCUT2D eigenvalue weighted by atomic mass is 9.90. The van der Waals surface area contributed by atoms with Crippen LogP contribution in [0.3, 0.4) is 0 Å². The minimum atomic E-state index is -1.02. The second kappa shape index (κ2) is 7.65. The van der Waals surface area contributed by atoms with Gasteiger partial charge >= 0.3 is 0 Å². The highest BCUT2D eigenvalue weighted by Crippen LogP contribution is 2.25. The first-order valence-electron chi connectivity index (χ1n) is 10.1. The molecule has 0 radical (unpaired) electrons. The van der Waals surface area contributed by atoms with Crippen LogP contribution in [0.15, 0.2) is 35.4 Å². The number of fused-ring (bicyclic) bond motifs is 1. The number of hydrogen-bond donors (Lipinski definition) is 3. The highest BCUT2D eigenvalue weighted by Gasteiger charge is 2.33. The molecule has 11 heteroatoms. The van der Waals surface area contributed by atoms with Gasteiger partial charge in [0.1, 0.15) is 29.1 Å². The van der Waals surface area contributed by atoms with Gasteiger partial charge in [0, 0.05) is 19.3 Å². The smallest absolute Gasteiger partial charge is 0.274 e. The van der Waals surface area contributed by atoms with E-state index in [0.717, 1.165) is 0 Å². The van der Waals surface area contributed by atoms with Gasteiger partial charge in [0.05, 0.1) is 31.5 Å². The number of alkyl halides is 1. The van der Waals surface area contributed by atoms with Gasteiger partial charge < -0.3 is 25.3 Å². The normalized spacial score (nSPS) is 20.7. The van der Waals surface area contributed by atoms with Crippen LogP contribution in [0.1, 0.15) is 29.2 Å². The van der Waals surface area contributed by atoms with E-state index in [4.69, 9.17) is 4.74 Å². The molecule has 3 aromatic rings. The van der Waals surface area contributed by atoms with E-state index >= 15 is 0 Å². The number of carbonyl (C=O) groups excluding carboxylic acids is 1. The topological polar surface area (TPSA) is 115 Å². The molecule has 1 aliphatic carbocycles. The molecule has 4 heterocycles. The van der Waals surface area contributed by atoms with Crippen LogP contribution in [0.25, 0.3) is 5.65 Å². The predicted molar refractivity (Wildman–Crippen MR) is 112 cm³/mol. The number of pyridine rings is 1. The van der Waals surface area contributed by atoms with Gasteiger partial charge in [-0.25, -0.2) is 9.37 Å². The van der Waals surface area contributed by atoms with E-state index in [0.29, 0.717) is 49.0 Å². The third-order valence-electron chi connectivity index (χ3n) is 5.73. The monoisotopic (exact) mass is 427 g/mol. The third-order valence-corrected chi connectivity index (χ3v) is 5.73. The van der Waals surface area contributed by atoms with E-state index in [2.05, 4.69) is 26.0 Å². The van der Waals surface area contributed by atoms with Crippen molar-refractivity contribution in [3.8, 4) is 0 Å². The number of amides is 1. The van der Waals surface area contributed by atoms with E-state index < -0.39 is 18.1 Å². The Kier molecular flexibility index (Phi) is 4.81. The summed E-state index contributed by atoms with van der Waals surface area (Å²) in [5.74, 6) is 0.515. The zero-order chi connectivity index (χ0) is 21.5. The maximum Gasteiger partial charge on any atom is 0.274 e. The third kappa shape index (κ3) is 3.40. The van der Waals surface area contributed by atoms with Crippen molar-refractivity contribution >= 4 is 28.9 Å². The van der Waals surface area contributed by atoms with Gasteiger partial charge in [-0.05, 0) is 25.0 Å². The van der Waals surface area contributed by atoms with Crippen LogP contribution in [-0.2, 0) is 4.74 Å². The Balaban J connectivity index is 1.48. The summed E-state index contributed by atoms with van der Waals surface area (Å²) < 4.78 is 21.9. The lowest BCUT2D eigenvalue weighted by Gasteiger charge is -2.30. The van der Waals surface area contributed by atoms with Gasteiger partial charge in [0.25, 0.3) is 11.5 Å². The molecule has 0 spiro atoms. The summed E-state index contributed by atoms with van der Waals surface area (Å²) in [6, 6.07) is 4.68. The lowest BCUT2D eigenvalue weighted by molar-refractivity contribution is -0.0247. The minimum Gasteiger partial charge on any atom is -0.377 e. The summed E-state index contributed by atoms with van der Waals surface area (Å²) >= 11 is 0. The molecule has 10 nitrogen and oxygen atoms in total. The van der Waals surface area contributed by atoms with E-state index in [9.17, 15) is 14.0 Å². The Bertz CT molecular complexity index is 1200. The number of anilines is 3. The first kappa shape index (κ1) is 19.5. The maximum atomic E-state index is 13.6. The number of carbonyl (C=O) groups is 1. The molecular formula is C20H22FN7O3. The van der Waals surface area contributed by atoms with E-state index in [1.165, 1.54) is 10.7 Å². The fourth-order valence-electron chi connectivity index (χ4n) is 3.65. The Morgan fingerprint density at radius 3 is 2.81 bits per heavy atom. The van der Waals surface area contributed by atoms with Gasteiger partial charge in [0.2, 0.25) is 0 Å². The van der Waals surface area contributed by atoms with Crippen LogP contribution < -0.4 is 21.5 Å². The second-order valence-corrected chi connectivity index (χ2v) is 7.69. The van der Waals surface area contributed by atoms with Crippen molar-refractivity contribution in [3.63, 3.8) is 0 Å². The van der Waals surface area contributed by atoms with Crippen LogP contribution in [0.2, 0.25) is 0 Å². The predicted octanol–water partition coefficient (Wildman–Crippen LogP) is 1.48. The average molecular weight is 427 g/mol. The van der Waals surface area contributed by atoms with E-state index in [1.807, 2.05) is 0 Å². The number of ether oxygens (including phenoxy) is 1. The quantitative estimate of drug-likeness (QED) is 0.546. The van der Waals surface area contributed by atoms with Crippen LogP contribution in [0, 0.1) is 0 Å². The Labute approximate surface area is 176 Å². The molecule has 2 fully saturated rings. The van der Waals surface area contributed by atoms with Crippen molar-refractivity contribution in [2.45, 2.75) is 31.1 Å². The van der Waals surface area contributed by atoms with Crippen LogP contribution >= 0.6 is 0 Å². The van der Waals surface area contributed by atoms with Gasteiger partial charge in [0.15, 0.2) is 5.65 Å².